The molecule has 8 nitrogen and oxygen atoms in total. The first-order valence-electron chi connectivity index (χ1n) is 8.85. The molecule has 10 heteroatoms. The molecule has 160 valence electrons. The van der Waals surface area contributed by atoms with Crippen LogP contribution < -0.4 is 18.9 Å². The Kier molecular flexibility index (Phi) is 6.69. The monoisotopic (exact) mass is 495 g/mol. The van der Waals surface area contributed by atoms with Crippen molar-refractivity contribution < 1.29 is 22.6 Å². The summed E-state index contributed by atoms with van der Waals surface area (Å²) >= 11 is 3.33. The van der Waals surface area contributed by atoms with Crippen molar-refractivity contribution >= 4 is 26.0 Å². The Hall–Kier alpha value is -2.56. The molecular weight excluding hydrogens is 474 g/mol. The van der Waals surface area contributed by atoms with Gasteiger partial charge in [0.1, 0.15) is 29.1 Å². The van der Waals surface area contributed by atoms with Crippen molar-refractivity contribution in [3.8, 4) is 17.2 Å². The highest BCUT2D eigenvalue weighted by Crippen LogP contribution is 2.32. The van der Waals surface area contributed by atoms with Gasteiger partial charge in [-0.3, -0.25) is 0 Å². The Morgan fingerprint density at radius 3 is 2.20 bits per heavy atom. The zero-order chi connectivity index (χ0) is 21.9. The summed E-state index contributed by atoms with van der Waals surface area (Å²) < 4.78 is 47.3. The largest absolute Gasteiger partial charge is 0.497 e. The Balaban J connectivity index is 2.09. The van der Waals surface area contributed by atoms with Gasteiger partial charge in [0.25, 0.3) is 0 Å². The maximum Gasteiger partial charge on any atom is 0.241 e. The van der Waals surface area contributed by atoms with Gasteiger partial charge in [0.15, 0.2) is 0 Å². The van der Waals surface area contributed by atoms with Crippen LogP contribution in [0.5, 0.6) is 17.2 Å². The summed E-state index contributed by atoms with van der Waals surface area (Å²) in [5.74, 6) is 2.12. The lowest BCUT2D eigenvalue weighted by atomic mass is 10.1. The predicted octanol–water partition coefficient (Wildman–Crippen LogP) is 3.28. The second-order valence-electron chi connectivity index (χ2n) is 6.39. The van der Waals surface area contributed by atoms with Crippen molar-refractivity contribution in [2.75, 3.05) is 21.3 Å². The van der Waals surface area contributed by atoms with Crippen LogP contribution >= 0.6 is 15.9 Å². The van der Waals surface area contributed by atoms with Crippen LogP contribution in [0.1, 0.15) is 17.4 Å². The van der Waals surface area contributed by atoms with Crippen LogP contribution in [0.25, 0.3) is 0 Å². The van der Waals surface area contributed by atoms with E-state index in [1.54, 1.807) is 48.3 Å². The number of benzene rings is 2. The highest BCUT2D eigenvalue weighted by Gasteiger charge is 2.27. The molecule has 0 bridgehead atoms. The average molecular weight is 496 g/mol. The molecule has 0 spiro atoms. The minimum Gasteiger partial charge on any atom is -0.497 e. The summed E-state index contributed by atoms with van der Waals surface area (Å²) in [5, 5.41) is 0. The molecule has 0 saturated carbocycles. The number of halogens is 1. The second-order valence-corrected chi connectivity index (χ2v) is 8.96. The fourth-order valence-electron chi connectivity index (χ4n) is 2.96. The molecule has 0 fully saturated rings. The normalized spacial score (nSPS) is 12.4. The number of rotatable bonds is 8. The quantitative estimate of drug-likeness (QED) is 0.515. The van der Waals surface area contributed by atoms with Crippen molar-refractivity contribution in [3.05, 3.63) is 64.7 Å². The van der Waals surface area contributed by atoms with Crippen LogP contribution in [0.4, 0.5) is 0 Å². The minimum absolute atomic E-state index is 0.0873. The van der Waals surface area contributed by atoms with Gasteiger partial charge in [0, 0.05) is 25.5 Å². The van der Waals surface area contributed by atoms with E-state index in [0.717, 1.165) is 0 Å². The van der Waals surface area contributed by atoms with Gasteiger partial charge in [-0.1, -0.05) is 0 Å². The predicted molar refractivity (Wildman–Crippen MR) is 116 cm³/mol. The molecule has 3 rings (SSSR count). The fourth-order valence-corrected chi connectivity index (χ4v) is 4.86. The van der Waals surface area contributed by atoms with Crippen molar-refractivity contribution in [2.24, 2.45) is 7.05 Å². The molecule has 30 heavy (non-hydrogen) atoms. The molecular formula is C20H22BrN3O5S. The van der Waals surface area contributed by atoms with E-state index in [9.17, 15) is 8.42 Å². The van der Waals surface area contributed by atoms with Crippen LogP contribution in [0.15, 0.2) is 58.2 Å². The van der Waals surface area contributed by atoms with E-state index in [2.05, 4.69) is 25.6 Å². The fraction of sp³-hybridized carbons (Fsp3) is 0.250. The zero-order valence-electron chi connectivity index (χ0n) is 16.9. The van der Waals surface area contributed by atoms with Crippen molar-refractivity contribution in [1.29, 1.82) is 0 Å². The van der Waals surface area contributed by atoms with Gasteiger partial charge in [-0.2, -0.15) is 4.72 Å². The summed E-state index contributed by atoms with van der Waals surface area (Å²) in [5.41, 5.74) is 0.622. The molecule has 2 aromatic carbocycles. The maximum absolute atomic E-state index is 13.2. The molecule has 0 aliphatic carbocycles. The zero-order valence-corrected chi connectivity index (χ0v) is 19.3. The first-order chi connectivity index (χ1) is 14.3. The van der Waals surface area contributed by atoms with Gasteiger partial charge in [0.2, 0.25) is 10.0 Å². The first-order valence-corrected chi connectivity index (χ1v) is 11.1. The number of imidazole rings is 1. The van der Waals surface area contributed by atoms with E-state index in [4.69, 9.17) is 14.2 Å². The van der Waals surface area contributed by atoms with Gasteiger partial charge in [0.05, 0.1) is 30.7 Å². The van der Waals surface area contributed by atoms with Gasteiger partial charge in [-0.25, -0.2) is 13.4 Å². The molecule has 1 heterocycles. The molecule has 0 radical (unpaired) electrons. The SMILES string of the molecule is COc1cc(OC)cc(C(NS(=O)(=O)c2ccc(OC)c(Br)c2)c2nccn2C)c1. The summed E-state index contributed by atoms with van der Waals surface area (Å²) in [4.78, 5) is 4.44. The van der Waals surface area contributed by atoms with Crippen molar-refractivity contribution in [1.82, 2.24) is 14.3 Å². The third-order valence-corrected chi connectivity index (χ3v) is 6.57. The lowest BCUT2D eigenvalue weighted by Gasteiger charge is -2.21. The number of hydrogen-bond donors (Lipinski definition) is 1. The number of nitrogens with one attached hydrogen (secondary N) is 1. The third kappa shape index (κ3) is 4.61. The number of methoxy groups -OCH3 is 3. The summed E-state index contributed by atoms with van der Waals surface area (Å²) in [6, 6.07) is 8.98. The molecule has 1 unspecified atom stereocenters. The Labute approximate surface area is 184 Å². The van der Waals surface area contributed by atoms with Crippen LogP contribution in [0.3, 0.4) is 0 Å². The summed E-state index contributed by atoms with van der Waals surface area (Å²) in [6.45, 7) is 0. The van der Waals surface area contributed by atoms with E-state index < -0.39 is 16.1 Å². The van der Waals surface area contributed by atoms with Crippen LogP contribution in [-0.2, 0) is 17.1 Å². The minimum atomic E-state index is -3.91. The van der Waals surface area contributed by atoms with Crippen molar-refractivity contribution in [2.45, 2.75) is 10.9 Å². The number of aromatic nitrogens is 2. The molecule has 0 saturated heterocycles. The summed E-state index contributed by atoms with van der Waals surface area (Å²) in [7, 11) is 2.47. The maximum atomic E-state index is 13.2. The highest BCUT2D eigenvalue weighted by molar-refractivity contribution is 9.10. The Morgan fingerprint density at radius 2 is 1.70 bits per heavy atom. The molecule has 3 aromatic rings. The molecule has 1 N–H and O–H groups in total. The van der Waals surface area contributed by atoms with E-state index in [1.165, 1.54) is 33.5 Å². The van der Waals surface area contributed by atoms with E-state index in [0.29, 0.717) is 33.1 Å². The van der Waals surface area contributed by atoms with E-state index >= 15 is 0 Å². The van der Waals surface area contributed by atoms with Crippen molar-refractivity contribution in [3.63, 3.8) is 0 Å². The standard InChI is InChI=1S/C20H22BrN3O5S/c1-24-8-7-22-20(24)19(13-9-14(27-2)11-15(10-13)28-3)23-30(25,26)16-5-6-18(29-4)17(21)12-16/h5-12,19,23H,1-4H3. The van der Waals surface area contributed by atoms with E-state index in [1.807, 2.05) is 0 Å². The molecule has 1 aromatic heterocycles. The average Bonchev–Trinajstić information content (AvgIpc) is 3.17. The molecule has 0 amide bonds. The number of aryl methyl sites for hydroxylation is 1. The smallest absolute Gasteiger partial charge is 0.241 e. The topological polar surface area (TPSA) is 91.7 Å². The Morgan fingerprint density at radius 1 is 1.03 bits per heavy atom. The van der Waals surface area contributed by atoms with Crippen LogP contribution in [-0.4, -0.2) is 39.3 Å². The number of nitrogens with zero attached hydrogens (tertiary/aromatic N) is 2. The Bertz CT molecular complexity index is 1120. The lowest BCUT2D eigenvalue weighted by Crippen LogP contribution is -2.31. The molecule has 0 aliphatic rings. The van der Waals surface area contributed by atoms with Gasteiger partial charge in [-0.15, -0.1) is 0 Å². The third-order valence-electron chi connectivity index (χ3n) is 4.53. The van der Waals surface area contributed by atoms with E-state index in [-0.39, 0.29) is 4.90 Å². The van der Waals surface area contributed by atoms with Gasteiger partial charge in [-0.05, 0) is 51.8 Å². The molecule has 0 aliphatic heterocycles. The first kappa shape index (κ1) is 22.1. The van der Waals surface area contributed by atoms with Crippen LogP contribution in [0, 0.1) is 0 Å². The lowest BCUT2D eigenvalue weighted by molar-refractivity contribution is 0.392. The number of ether oxygens (including phenoxy) is 3. The second kappa shape index (κ2) is 9.07. The van der Waals surface area contributed by atoms with Crippen LogP contribution in [0.2, 0.25) is 0 Å². The highest BCUT2D eigenvalue weighted by atomic mass is 79.9. The molecule has 1 atom stereocenters. The van der Waals surface area contributed by atoms with Gasteiger partial charge >= 0.3 is 0 Å². The number of sulfonamides is 1. The summed E-state index contributed by atoms with van der Waals surface area (Å²) in [6.07, 6.45) is 3.36. The number of hydrogen-bond acceptors (Lipinski definition) is 6. The van der Waals surface area contributed by atoms with Gasteiger partial charge < -0.3 is 18.8 Å².